The van der Waals surface area contributed by atoms with Crippen LogP contribution in [0.1, 0.15) is 11.3 Å². The summed E-state index contributed by atoms with van der Waals surface area (Å²) in [4.78, 5) is 13.7. The van der Waals surface area contributed by atoms with Gasteiger partial charge in [-0.2, -0.15) is 0 Å². The fourth-order valence-electron chi connectivity index (χ4n) is 1.68. The second kappa shape index (κ2) is 4.14. The third-order valence-electron chi connectivity index (χ3n) is 2.57. The van der Waals surface area contributed by atoms with Crippen molar-refractivity contribution in [2.45, 2.75) is 0 Å². The molecule has 0 radical (unpaired) electrons. The summed E-state index contributed by atoms with van der Waals surface area (Å²) in [5.74, 6) is -0.206. The number of aromatic amines is 1. The van der Waals surface area contributed by atoms with Crippen LogP contribution in [0, 0.1) is 0 Å². The van der Waals surface area contributed by atoms with E-state index >= 15 is 0 Å². The fourth-order valence-corrected chi connectivity index (χ4v) is 1.93. The molecule has 88 valence electrons. The Balaban J connectivity index is 2.59. The fraction of sp³-hybridized carbons (Fsp3) is 0.0833. The van der Waals surface area contributed by atoms with Crippen LogP contribution in [0.2, 0.25) is 5.02 Å². The Morgan fingerprint density at radius 1 is 1.47 bits per heavy atom. The van der Waals surface area contributed by atoms with Crippen molar-refractivity contribution < 1.29 is 5.11 Å². The molecule has 0 unspecified atom stereocenters. The van der Waals surface area contributed by atoms with Gasteiger partial charge in [0.15, 0.2) is 0 Å². The van der Waals surface area contributed by atoms with Crippen LogP contribution in [-0.2, 0) is 7.05 Å². The average molecular weight is 251 g/mol. The summed E-state index contributed by atoms with van der Waals surface area (Å²) in [5, 5.41) is 10.2. The maximum absolute atomic E-state index is 11.4. The summed E-state index contributed by atoms with van der Waals surface area (Å²) in [6.45, 7) is 3.87. The average Bonchev–Trinajstić information content (AvgIpc) is 2.53. The van der Waals surface area contributed by atoms with Gasteiger partial charge in [-0.05, 0) is 6.07 Å². The number of H-pyrrole nitrogens is 1. The van der Waals surface area contributed by atoms with Gasteiger partial charge in [0.25, 0.3) is 0 Å². The predicted molar refractivity (Wildman–Crippen MR) is 67.3 cm³/mol. The number of aromatic nitrogens is 2. The summed E-state index contributed by atoms with van der Waals surface area (Å²) >= 11 is 6.04. The third kappa shape index (κ3) is 1.87. The lowest BCUT2D eigenvalue weighted by molar-refractivity contribution is 0.453. The first kappa shape index (κ1) is 11.5. The van der Waals surface area contributed by atoms with E-state index in [0.29, 0.717) is 21.9 Å². The van der Waals surface area contributed by atoms with Gasteiger partial charge in [-0.25, -0.2) is 4.79 Å². The molecule has 0 saturated heterocycles. The molecule has 0 bridgehead atoms. The lowest BCUT2D eigenvalue weighted by atomic mass is 10.0. The molecule has 2 N–H and O–H groups in total. The Bertz CT molecular complexity index is 640. The number of benzene rings is 1. The number of halogens is 1. The van der Waals surface area contributed by atoms with Crippen LogP contribution in [-0.4, -0.2) is 14.7 Å². The molecule has 4 nitrogen and oxygen atoms in total. The van der Waals surface area contributed by atoms with Gasteiger partial charge >= 0.3 is 5.69 Å². The topological polar surface area (TPSA) is 58.0 Å². The number of nitrogens with one attached hydrogen (secondary N) is 1. The maximum atomic E-state index is 11.4. The molecule has 0 atom stereocenters. The van der Waals surface area contributed by atoms with Gasteiger partial charge in [-0.3, -0.25) is 9.55 Å². The molecular formula is C12H11ClN2O2. The van der Waals surface area contributed by atoms with Gasteiger partial charge in [-0.1, -0.05) is 36.4 Å². The molecule has 0 saturated carbocycles. The van der Waals surface area contributed by atoms with Crippen molar-refractivity contribution in [3.8, 4) is 5.88 Å². The van der Waals surface area contributed by atoms with E-state index in [2.05, 4.69) is 11.6 Å². The molecule has 0 aliphatic heterocycles. The molecule has 0 fully saturated rings. The van der Waals surface area contributed by atoms with Gasteiger partial charge in [0.1, 0.15) is 5.69 Å². The zero-order valence-corrected chi connectivity index (χ0v) is 9.95. The molecule has 0 aliphatic carbocycles. The van der Waals surface area contributed by atoms with E-state index in [4.69, 9.17) is 11.6 Å². The first-order valence-electron chi connectivity index (χ1n) is 4.94. The third-order valence-corrected chi connectivity index (χ3v) is 2.90. The molecule has 2 rings (SSSR count). The van der Waals surface area contributed by atoms with Crippen molar-refractivity contribution in [2.24, 2.45) is 7.05 Å². The van der Waals surface area contributed by atoms with Gasteiger partial charge in [0.05, 0.1) is 0 Å². The molecule has 0 aliphatic rings. The summed E-state index contributed by atoms with van der Waals surface area (Å²) in [5.41, 5.74) is 1.11. The highest BCUT2D eigenvalue weighted by Gasteiger charge is 2.16. The van der Waals surface area contributed by atoms with Crippen LogP contribution in [0.25, 0.3) is 5.57 Å². The van der Waals surface area contributed by atoms with Crippen LogP contribution >= 0.6 is 11.6 Å². The highest BCUT2D eigenvalue weighted by molar-refractivity contribution is 6.32. The first-order chi connectivity index (χ1) is 8.02. The van der Waals surface area contributed by atoms with E-state index in [1.807, 2.05) is 6.07 Å². The van der Waals surface area contributed by atoms with E-state index in [-0.39, 0.29) is 5.88 Å². The Hall–Kier alpha value is -1.94. The normalized spacial score (nSPS) is 10.5. The standard InChI is InChI=1S/C12H11ClN2O2/c1-7(8-5-3-4-6-9(8)13)10-11(16)14-12(17)15(10)2/h3-6,16H,1H2,2H3,(H,14,17). The van der Waals surface area contributed by atoms with Crippen molar-refractivity contribution in [3.63, 3.8) is 0 Å². The van der Waals surface area contributed by atoms with Crippen LogP contribution < -0.4 is 5.69 Å². The minimum absolute atomic E-state index is 0.206. The summed E-state index contributed by atoms with van der Waals surface area (Å²) in [6, 6.07) is 7.12. The number of imidazole rings is 1. The second-order valence-corrected chi connectivity index (χ2v) is 4.05. The molecular weight excluding hydrogens is 240 g/mol. The van der Waals surface area contributed by atoms with E-state index in [0.717, 1.165) is 0 Å². The minimum Gasteiger partial charge on any atom is -0.493 e. The van der Waals surface area contributed by atoms with Crippen LogP contribution in [0.4, 0.5) is 0 Å². The van der Waals surface area contributed by atoms with Crippen LogP contribution in [0.5, 0.6) is 5.88 Å². The predicted octanol–water partition coefficient (Wildman–Crippen LogP) is 2.13. The van der Waals surface area contributed by atoms with Crippen molar-refractivity contribution in [2.75, 3.05) is 0 Å². The molecule has 0 spiro atoms. The van der Waals surface area contributed by atoms with Gasteiger partial charge in [0.2, 0.25) is 5.88 Å². The molecule has 17 heavy (non-hydrogen) atoms. The number of aromatic hydroxyl groups is 1. The van der Waals surface area contributed by atoms with E-state index in [9.17, 15) is 9.90 Å². The van der Waals surface area contributed by atoms with Crippen LogP contribution in [0.15, 0.2) is 35.6 Å². The molecule has 0 amide bonds. The van der Waals surface area contributed by atoms with E-state index < -0.39 is 5.69 Å². The van der Waals surface area contributed by atoms with Crippen molar-refractivity contribution in [3.05, 3.63) is 57.6 Å². The Kier molecular flexibility index (Phi) is 2.81. The number of rotatable bonds is 2. The van der Waals surface area contributed by atoms with Crippen molar-refractivity contribution in [1.82, 2.24) is 9.55 Å². The van der Waals surface area contributed by atoms with Crippen molar-refractivity contribution >= 4 is 17.2 Å². The highest BCUT2D eigenvalue weighted by atomic mass is 35.5. The molecule has 1 aromatic carbocycles. The lowest BCUT2D eigenvalue weighted by Gasteiger charge is -2.08. The quantitative estimate of drug-likeness (QED) is 0.858. The first-order valence-corrected chi connectivity index (χ1v) is 5.32. The summed E-state index contributed by atoms with van der Waals surface area (Å²) in [6.07, 6.45) is 0. The Labute approximate surface area is 103 Å². The molecule has 2 aromatic rings. The summed E-state index contributed by atoms with van der Waals surface area (Å²) in [7, 11) is 1.55. The largest absolute Gasteiger partial charge is 0.493 e. The lowest BCUT2D eigenvalue weighted by Crippen LogP contribution is -2.14. The van der Waals surface area contributed by atoms with Crippen molar-refractivity contribution in [1.29, 1.82) is 0 Å². The number of hydrogen-bond acceptors (Lipinski definition) is 2. The smallest absolute Gasteiger partial charge is 0.328 e. The monoisotopic (exact) mass is 250 g/mol. The minimum atomic E-state index is -0.397. The Morgan fingerprint density at radius 2 is 2.12 bits per heavy atom. The number of nitrogens with zero attached hydrogens (tertiary/aromatic N) is 1. The van der Waals surface area contributed by atoms with E-state index in [1.54, 1.807) is 25.2 Å². The van der Waals surface area contributed by atoms with E-state index in [1.165, 1.54) is 4.57 Å². The number of hydrogen-bond donors (Lipinski definition) is 2. The summed E-state index contributed by atoms with van der Waals surface area (Å²) < 4.78 is 1.29. The SMILES string of the molecule is C=C(c1ccccc1Cl)c1c(O)[nH]c(=O)n1C. The molecule has 1 aromatic heterocycles. The molecule has 1 heterocycles. The van der Waals surface area contributed by atoms with Gasteiger partial charge in [0, 0.05) is 23.2 Å². The van der Waals surface area contributed by atoms with Gasteiger partial charge < -0.3 is 5.11 Å². The highest BCUT2D eigenvalue weighted by Crippen LogP contribution is 2.30. The maximum Gasteiger partial charge on any atom is 0.328 e. The zero-order chi connectivity index (χ0) is 12.6. The molecule has 5 heteroatoms. The zero-order valence-electron chi connectivity index (χ0n) is 9.20. The van der Waals surface area contributed by atoms with Gasteiger partial charge in [-0.15, -0.1) is 0 Å². The Morgan fingerprint density at radius 3 is 2.65 bits per heavy atom. The van der Waals surface area contributed by atoms with Crippen LogP contribution in [0.3, 0.4) is 0 Å². The second-order valence-electron chi connectivity index (χ2n) is 3.64.